The van der Waals surface area contributed by atoms with Crippen LogP contribution < -0.4 is 30.3 Å². The van der Waals surface area contributed by atoms with Crippen LogP contribution in [0.4, 0.5) is 5.69 Å². The summed E-state index contributed by atoms with van der Waals surface area (Å²) >= 11 is 0. The Morgan fingerprint density at radius 2 is 1.90 bits per heavy atom. The van der Waals surface area contributed by atoms with Gasteiger partial charge in [0, 0.05) is 19.0 Å². The topological polar surface area (TPSA) is 85.9 Å². The van der Waals surface area contributed by atoms with Crippen molar-refractivity contribution in [2.75, 3.05) is 33.2 Å². The molecule has 0 saturated carbocycles. The van der Waals surface area contributed by atoms with E-state index in [2.05, 4.69) is 17.2 Å². The first-order valence-corrected chi connectivity index (χ1v) is 10.1. The van der Waals surface area contributed by atoms with Crippen molar-refractivity contribution in [3.05, 3.63) is 58.3 Å². The molecular weight excluding hydrogens is 396 g/mol. The van der Waals surface area contributed by atoms with Gasteiger partial charge in [0.25, 0.3) is 0 Å². The highest BCUT2D eigenvalue weighted by Crippen LogP contribution is 2.50. The fourth-order valence-electron chi connectivity index (χ4n) is 4.04. The van der Waals surface area contributed by atoms with Gasteiger partial charge in [0.05, 0.1) is 33.1 Å². The first-order chi connectivity index (χ1) is 14.9. The normalized spacial score (nSPS) is 14.4. The molecule has 7 nitrogen and oxygen atoms in total. The Morgan fingerprint density at radius 1 is 1.16 bits per heavy atom. The molecular formula is C24H28N2O5. The van der Waals surface area contributed by atoms with E-state index in [1.54, 1.807) is 39.5 Å². The number of methoxy groups -OCH3 is 3. The maximum absolute atomic E-state index is 12.9. The van der Waals surface area contributed by atoms with E-state index in [4.69, 9.17) is 14.2 Å². The van der Waals surface area contributed by atoms with Crippen LogP contribution >= 0.6 is 0 Å². The number of hydrogen-bond acceptors (Lipinski definition) is 6. The number of amides is 1. The summed E-state index contributed by atoms with van der Waals surface area (Å²) in [6.07, 6.45) is 2.97. The second-order valence-electron chi connectivity index (χ2n) is 7.27. The molecule has 1 aliphatic rings. The van der Waals surface area contributed by atoms with Crippen LogP contribution in [0.3, 0.4) is 0 Å². The fraction of sp³-hybridized carbons (Fsp3) is 0.333. The lowest BCUT2D eigenvalue weighted by atomic mass is 9.95. The second-order valence-corrected chi connectivity index (χ2v) is 7.27. The molecule has 0 saturated heterocycles. The summed E-state index contributed by atoms with van der Waals surface area (Å²) in [5.41, 5.74) is 3.64. The highest BCUT2D eigenvalue weighted by Gasteiger charge is 2.29. The zero-order valence-corrected chi connectivity index (χ0v) is 18.3. The van der Waals surface area contributed by atoms with Gasteiger partial charge in [-0.15, -0.1) is 6.58 Å². The van der Waals surface area contributed by atoms with Crippen LogP contribution in [-0.4, -0.2) is 33.8 Å². The molecule has 0 spiro atoms. The average molecular weight is 424 g/mol. The van der Waals surface area contributed by atoms with E-state index in [1.807, 2.05) is 12.1 Å². The minimum Gasteiger partial charge on any atom is -0.493 e. The van der Waals surface area contributed by atoms with E-state index in [9.17, 15) is 9.59 Å². The van der Waals surface area contributed by atoms with Crippen LogP contribution in [0.5, 0.6) is 17.2 Å². The lowest BCUT2D eigenvalue weighted by molar-refractivity contribution is -0.119. The summed E-state index contributed by atoms with van der Waals surface area (Å²) in [6.45, 7) is 5.63. The Morgan fingerprint density at radius 3 is 2.52 bits per heavy atom. The van der Waals surface area contributed by atoms with Crippen molar-refractivity contribution in [3.63, 3.8) is 0 Å². The molecule has 1 atom stereocenters. The van der Waals surface area contributed by atoms with Gasteiger partial charge in [0.1, 0.15) is 0 Å². The molecule has 0 aliphatic heterocycles. The highest BCUT2D eigenvalue weighted by molar-refractivity contribution is 5.83. The predicted molar refractivity (Wildman–Crippen MR) is 121 cm³/mol. The number of nitrogens with one attached hydrogen (secondary N) is 2. The van der Waals surface area contributed by atoms with Crippen LogP contribution in [0.1, 0.15) is 30.5 Å². The number of carbonyl (C=O) groups is 1. The summed E-state index contributed by atoms with van der Waals surface area (Å²) < 4.78 is 16.9. The molecule has 31 heavy (non-hydrogen) atoms. The smallest absolute Gasteiger partial charge is 0.217 e. The number of anilines is 1. The molecule has 1 aliphatic carbocycles. The van der Waals surface area contributed by atoms with Gasteiger partial charge in [-0.05, 0) is 47.7 Å². The highest BCUT2D eigenvalue weighted by atomic mass is 16.5. The standard InChI is InChI=1S/C24H28N2O5/c1-6-11-25-19-10-8-16-17(13-20(19)28)18(26-14(2)27)9-7-15-12-21(29-3)23(30-4)24(31-5)22(15)16/h6,8,10,12-13,18H,1,7,9,11H2,2-5H3,(H,25,28)(H,26,27)/t18-/m0/s1. The van der Waals surface area contributed by atoms with E-state index >= 15 is 0 Å². The van der Waals surface area contributed by atoms with Crippen molar-refractivity contribution in [2.24, 2.45) is 0 Å². The largest absolute Gasteiger partial charge is 0.493 e. The zero-order valence-electron chi connectivity index (χ0n) is 18.3. The monoisotopic (exact) mass is 424 g/mol. The van der Waals surface area contributed by atoms with Crippen LogP contribution in [0, 0.1) is 0 Å². The lowest BCUT2D eigenvalue weighted by Crippen LogP contribution is -2.26. The number of hydrogen-bond donors (Lipinski definition) is 2. The summed E-state index contributed by atoms with van der Waals surface area (Å²) in [4.78, 5) is 24.9. The van der Waals surface area contributed by atoms with Gasteiger partial charge in [0.2, 0.25) is 17.1 Å². The maximum Gasteiger partial charge on any atom is 0.217 e. The van der Waals surface area contributed by atoms with Crippen LogP contribution in [-0.2, 0) is 11.2 Å². The Labute approximate surface area is 182 Å². The third kappa shape index (κ3) is 4.35. The van der Waals surface area contributed by atoms with Crippen molar-refractivity contribution in [2.45, 2.75) is 25.8 Å². The van der Waals surface area contributed by atoms with Gasteiger partial charge in [0.15, 0.2) is 11.5 Å². The molecule has 7 heteroatoms. The van der Waals surface area contributed by atoms with Gasteiger partial charge in [-0.2, -0.15) is 0 Å². The summed E-state index contributed by atoms with van der Waals surface area (Å²) in [6, 6.07) is 6.83. The Hall–Kier alpha value is -3.48. The second kappa shape index (κ2) is 9.55. The van der Waals surface area contributed by atoms with E-state index < -0.39 is 0 Å². The molecule has 164 valence electrons. The Bertz CT molecular complexity index is 1060. The van der Waals surface area contributed by atoms with Crippen molar-refractivity contribution < 1.29 is 19.0 Å². The predicted octanol–water partition coefficient (Wildman–Crippen LogP) is 3.46. The van der Waals surface area contributed by atoms with Gasteiger partial charge < -0.3 is 24.8 Å². The molecule has 0 heterocycles. The van der Waals surface area contributed by atoms with Crippen molar-refractivity contribution in [3.8, 4) is 28.4 Å². The van der Waals surface area contributed by atoms with Crippen molar-refractivity contribution >= 4 is 11.6 Å². The molecule has 2 aromatic carbocycles. The Kier molecular flexibility index (Phi) is 6.84. The third-order valence-electron chi connectivity index (χ3n) is 5.35. The number of ether oxygens (including phenoxy) is 3. The summed E-state index contributed by atoms with van der Waals surface area (Å²) in [5.74, 6) is 1.41. The molecule has 3 rings (SSSR count). The third-order valence-corrected chi connectivity index (χ3v) is 5.35. The van der Waals surface area contributed by atoms with Gasteiger partial charge in [-0.1, -0.05) is 12.1 Å². The SMILES string of the molecule is C=CCNc1ccc2c(cc1=O)[C@@H](NC(C)=O)CCc1cc(OC)c(OC)c(OC)c1-2. The minimum atomic E-state index is -0.325. The lowest BCUT2D eigenvalue weighted by Gasteiger charge is -2.19. The van der Waals surface area contributed by atoms with E-state index in [-0.39, 0.29) is 17.4 Å². The molecule has 0 bridgehead atoms. The van der Waals surface area contributed by atoms with Crippen LogP contribution in [0.15, 0.2) is 41.7 Å². The van der Waals surface area contributed by atoms with E-state index in [0.717, 1.165) is 22.3 Å². The first kappa shape index (κ1) is 22.2. The number of rotatable bonds is 7. The van der Waals surface area contributed by atoms with E-state index in [0.29, 0.717) is 42.3 Å². The summed E-state index contributed by atoms with van der Waals surface area (Å²) in [7, 11) is 4.71. The van der Waals surface area contributed by atoms with Gasteiger partial charge >= 0.3 is 0 Å². The molecule has 2 N–H and O–H groups in total. The quantitative estimate of drug-likeness (QED) is 0.662. The molecule has 0 radical (unpaired) electrons. The summed E-state index contributed by atoms with van der Waals surface area (Å²) in [5, 5.41) is 6.07. The Balaban J connectivity index is 2.37. The van der Waals surface area contributed by atoms with E-state index in [1.165, 1.54) is 6.92 Å². The minimum absolute atomic E-state index is 0.159. The number of fused-ring (bicyclic) bond motifs is 3. The van der Waals surface area contributed by atoms with Crippen molar-refractivity contribution in [1.29, 1.82) is 0 Å². The van der Waals surface area contributed by atoms with Gasteiger partial charge in [-0.3, -0.25) is 9.59 Å². The van der Waals surface area contributed by atoms with Crippen LogP contribution in [0.25, 0.3) is 11.1 Å². The number of carbonyl (C=O) groups excluding carboxylic acids is 1. The number of aryl methyl sites for hydroxylation is 1. The fourth-order valence-corrected chi connectivity index (χ4v) is 4.04. The maximum atomic E-state index is 12.9. The van der Waals surface area contributed by atoms with Gasteiger partial charge in [-0.25, -0.2) is 0 Å². The average Bonchev–Trinajstić information content (AvgIpc) is 2.99. The molecule has 0 fully saturated rings. The number of benzene rings is 1. The molecule has 0 unspecified atom stereocenters. The van der Waals surface area contributed by atoms with Crippen molar-refractivity contribution in [1.82, 2.24) is 5.32 Å². The molecule has 0 aromatic heterocycles. The zero-order chi connectivity index (χ0) is 22.5. The first-order valence-electron chi connectivity index (χ1n) is 10.1. The molecule has 1 amide bonds. The molecule has 2 aromatic rings. The van der Waals surface area contributed by atoms with Crippen LogP contribution in [0.2, 0.25) is 0 Å².